The molecule has 0 amide bonds. The molecule has 152 valence electrons. The lowest BCUT2D eigenvalue weighted by Gasteiger charge is -2.02. The minimum Gasteiger partial charge on any atom is -1.00 e. The third kappa shape index (κ3) is 11.2. The largest absolute Gasteiger partial charge is 1.00 e. The number of rotatable bonds is 12. The van der Waals surface area contributed by atoms with Crippen LogP contribution in [0.4, 0.5) is 0 Å². The zero-order chi connectivity index (χ0) is 17.7. The molecule has 0 aliphatic heterocycles. The molecule has 2 heterocycles. The highest BCUT2D eigenvalue weighted by Gasteiger charge is 2.07. The minimum atomic E-state index is 0. The molecule has 0 spiro atoms. The first-order valence-electron chi connectivity index (χ1n) is 10.2. The van der Waals surface area contributed by atoms with Crippen LogP contribution in [0.1, 0.15) is 71.1 Å². The quantitative estimate of drug-likeness (QED) is 0.191. The third-order valence-electron chi connectivity index (χ3n) is 4.90. The van der Waals surface area contributed by atoms with Crippen molar-refractivity contribution in [3.05, 3.63) is 49.1 Å². The summed E-state index contributed by atoms with van der Waals surface area (Å²) in [6, 6.07) is 8.65. The van der Waals surface area contributed by atoms with Crippen LogP contribution in [0.25, 0.3) is 11.1 Å². The van der Waals surface area contributed by atoms with Crippen LogP contribution in [0.3, 0.4) is 0 Å². The van der Waals surface area contributed by atoms with E-state index >= 15 is 0 Å². The summed E-state index contributed by atoms with van der Waals surface area (Å²) in [5.74, 6) is 0. The highest BCUT2D eigenvalue weighted by molar-refractivity contribution is 5.59. The van der Waals surface area contributed by atoms with E-state index in [-0.39, 0.29) is 41.0 Å². The average Bonchev–Trinajstić information content (AvgIpc) is 2.63. The summed E-state index contributed by atoms with van der Waals surface area (Å²) in [5, 5.41) is 0. The molecule has 0 aliphatic carbocycles. The van der Waals surface area contributed by atoms with E-state index in [0.29, 0.717) is 0 Å². The summed E-state index contributed by atoms with van der Waals surface area (Å²) in [4.78, 5) is 0. The molecule has 0 radical (unpaired) electrons. The Morgan fingerprint density at radius 3 is 1.81 bits per heavy atom. The predicted octanol–water partition coefficient (Wildman–Crippen LogP) is -0.605. The molecule has 2 rings (SSSR count). The van der Waals surface area contributed by atoms with Crippen LogP contribution in [0, 0.1) is 0 Å². The summed E-state index contributed by atoms with van der Waals surface area (Å²) < 4.78 is 4.45. The molecule has 0 aromatic carbocycles. The van der Waals surface area contributed by atoms with Gasteiger partial charge in [-0.05, 0) is 18.6 Å². The van der Waals surface area contributed by atoms with Gasteiger partial charge in [-0.15, -0.1) is 0 Å². The van der Waals surface area contributed by atoms with Crippen molar-refractivity contribution in [2.45, 2.75) is 77.7 Å². The lowest BCUT2D eigenvalue weighted by Crippen LogP contribution is -3.00. The van der Waals surface area contributed by atoms with E-state index in [1.165, 1.54) is 75.3 Å². The first-order chi connectivity index (χ1) is 12.3. The van der Waals surface area contributed by atoms with Gasteiger partial charge < -0.3 is 41.0 Å². The fraction of sp³-hybridized carbons (Fsp3) is 0.565. The van der Waals surface area contributed by atoms with Gasteiger partial charge in [0.25, 0.3) is 0 Å². The molecule has 0 bridgehead atoms. The minimum absolute atomic E-state index is 0. The van der Waals surface area contributed by atoms with Crippen LogP contribution in [-0.2, 0) is 13.6 Å². The molecular formula is C23H36BrIN2. The number of aromatic nitrogens is 2. The first-order valence-corrected chi connectivity index (χ1v) is 10.2. The number of halogens is 2. The number of aryl methyl sites for hydroxylation is 2. The van der Waals surface area contributed by atoms with Crippen molar-refractivity contribution in [3.63, 3.8) is 0 Å². The van der Waals surface area contributed by atoms with E-state index in [4.69, 9.17) is 0 Å². The first kappa shape index (κ1) is 26.5. The van der Waals surface area contributed by atoms with Crippen LogP contribution in [0.2, 0.25) is 0 Å². The van der Waals surface area contributed by atoms with Crippen molar-refractivity contribution in [2.75, 3.05) is 0 Å². The van der Waals surface area contributed by atoms with Crippen molar-refractivity contribution in [1.29, 1.82) is 0 Å². The Morgan fingerprint density at radius 2 is 1.22 bits per heavy atom. The van der Waals surface area contributed by atoms with Gasteiger partial charge in [0.15, 0.2) is 24.8 Å². The molecule has 27 heavy (non-hydrogen) atoms. The van der Waals surface area contributed by atoms with Gasteiger partial charge in [0, 0.05) is 18.6 Å². The maximum atomic E-state index is 2.34. The molecule has 2 aromatic heterocycles. The second-order valence-electron chi connectivity index (χ2n) is 7.27. The van der Waals surface area contributed by atoms with Gasteiger partial charge >= 0.3 is 0 Å². The standard InChI is InChI=1S/C23H36N2.BrH.HI/c1-3-4-5-6-7-8-9-10-11-12-18-25-19-14-16-23(21-25)22-15-13-17-24(2)20-22;;/h13-17,19-21H,3-12,18H2,1-2H3;2*1H/q+2;;/p-2. The Balaban J connectivity index is 0.00000338. The average molecular weight is 547 g/mol. The van der Waals surface area contributed by atoms with E-state index < -0.39 is 0 Å². The van der Waals surface area contributed by atoms with Gasteiger partial charge in [0.05, 0.1) is 11.1 Å². The molecule has 2 nitrogen and oxygen atoms in total. The number of unbranched alkanes of at least 4 members (excludes halogenated alkanes) is 9. The SMILES string of the molecule is CCCCCCCCCCCC[n+]1cccc(-c2ccc[n+](C)c2)c1.[Br-].[I-]. The fourth-order valence-electron chi connectivity index (χ4n) is 3.37. The van der Waals surface area contributed by atoms with Gasteiger partial charge in [-0.3, -0.25) is 0 Å². The Morgan fingerprint density at radius 1 is 0.704 bits per heavy atom. The van der Waals surface area contributed by atoms with E-state index in [1.807, 2.05) is 0 Å². The number of hydrogen-bond donors (Lipinski definition) is 0. The Labute approximate surface area is 194 Å². The zero-order valence-electron chi connectivity index (χ0n) is 17.0. The summed E-state index contributed by atoms with van der Waals surface area (Å²) in [5.41, 5.74) is 2.58. The van der Waals surface area contributed by atoms with Crippen molar-refractivity contribution in [3.8, 4) is 11.1 Å². The third-order valence-corrected chi connectivity index (χ3v) is 4.90. The van der Waals surface area contributed by atoms with Gasteiger partial charge in [-0.2, -0.15) is 0 Å². The van der Waals surface area contributed by atoms with Crippen LogP contribution in [0.15, 0.2) is 49.1 Å². The number of hydrogen-bond acceptors (Lipinski definition) is 0. The normalized spacial score (nSPS) is 10.1. The second kappa shape index (κ2) is 16.5. The van der Waals surface area contributed by atoms with Crippen molar-refractivity contribution < 1.29 is 50.1 Å². The highest BCUT2D eigenvalue weighted by atomic mass is 127. The van der Waals surface area contributed by atoms with Gasteiger partial charge in [-0.1, -0.05) is 58.3 Å². The summed E-state index contributed by atoms with van der Waals surface area (Å²) in [6.45, 7) is 3.41. The molecular weight excluding hydrogens is 511 g/mol. The molecule has 0 unspecified atom stereocenters. The molecule has 0 saturated heterocycles. The number of nitrogens with zero attached hydrogens (tertiary/aromatic N) is 2. The Hall–Kier alpha value is -0.490. The lowest BCUT2D eigenvalue weighted by molar-refractivity contribution is -0.697. The van der Waals surface area contributed by atoms with Gasteiger partial charge in [0.1, 0.15) is 13.6 Å². The Bertz CT molecular complexity index is 619. The van der Waals surface area contributed by atoms with E-state index in [9.17, 15) is 0 Å². The maximum absolute atomic E-state index is 2.34. The summed E-state index contributed by atoms with van der Waals surface area (Å²) in [6.07, 6.45) is 22.7. The molecule has 4 heteroatoms. The molecule has 0 fully saturated rings. The lowest BCUT2D eigenvalue weighted by atomic mass is 10.1. The van der Waals surface area contributed by atoms with Crippen LogP contribution in [0.5, 0.6) is 0 Å². The van der Waals surface area contributed by atoms with Crippen molar-refractivity contribution in [1.82, 2.24) is 0 Å². The highest BCUT2D eigenvalue weighted by Crippen LogP contribution is 2.15. The maximum Gasteiger partial charge on any atom is 0.176 e. The van der Waals surface area contributed by atoms with E-state index in [0.717, 1.165) is 6.54 Å². The van der Waals surface area contributed by atoms with E-state index in [2.05, 4.69) is 72.2 Å². The summed E-state index contributed by atoms with van der Waals surface area (Å²) >= 11 is 0. The molecule has 0 aliphatic rings. The predicted molar refractivity (Wildman–Crippen MR) is 105 cm³/mol. The van der Waals surface area contributed by atoms with Crippen LogP contribution in [-0.4, -0.2) is 0 Å². The smallest absolute Gasteiger partial charge is 0.176 e. The van der Waals surface area contributed by atoms with Crippen molar-refractivity contribution in [2.24, 2.45) is 7.05 Å². The fourth-order valence-corrected chi connectivity index (χ4v) is 3.37. The van der Waals surface area contributed by atoms with E-state index in [1.54, 1.807) is 0 Å². The van der Waals surface area contributed by atoms with Gasteiger partial charge in [0.2, 0.25) is 0 Å². The molecule has 2 aromatic rings. The zero-order valence-corrected chi connectivity index (χ0v) is 20.8. The topological polar surface area (TPSA) is 7.76 Å². The molecule has 0 N–H and O–H groups in total. The molecule has 0 saturated carbocycles. The van der Waals surface area contributed by atoms with Crippen LogP contribution < -0.4 is 50.1 Å². The van der Waals surface area contributed by atoms with Gasteiger partial charge in [-0.25, -0.2) is 9.13 Å². The van der Waals surface area contributed by atoms with Crippen LogP contribution >= 0.6 is 0 Å². The monoisotopic (exact) mass is 546 g/mol. The molecule has 0 atom stereocenters. The summed E-state index contributed by atoms with van der Waals surface area (Å²) in [7, 11) is 2.07. The number of pyridine rings is 2. The Kier molecular flexibility index (Phi) is 16.2. The second-order valence-corrected chi connectivity index (χ2v) is 7.27. The van der Waals surface area contributed by atoms with Crippen molar-refractivity contribution >= 4 is 0 Å².